The van der Waals surface area contributed by atoms with Crippen LogP contribution in [0.5, 0.6) is 0 Å². The van der Waals surface area contributed by atoms with E-state index in [1.807, 2.05) is 0 Å². The van der Waals surface area contributed by atoms with Gasteiger partial charge in [0.1, 0.15) is 0 Å². The fraction of sp³-hybridized carbons (Fsp3) is 1.00. The van der Waals surface area contributed by atoms with E-state index in [1.165, 1.54) is 19.4 Å². The maximum Gasteiger partial charge on any atom is 0.0850 e. The van der Waals surface area contributed by atoms with Gasteiger partial charge in [-0.15, -0.1) is 12.4 Å². The summed E-state index contributed by atoms with van der Waals surface area (Å²) in [6.45, 7) is 3.34. The summed E-state index contributed by atoms with van der Waals surface area (Å²) in [5.41, 5.74) is 0.310. The Hall–Kier alpha value is 0.210. The molecule has 0 aromatic carbocycles. The van der Waals surface area contributed by atoms with E-state index in [0.29, 0.717) is 5.60 Å². The quantitative estimate of drug-likeness (QED) is 0.589. The van der Waals surface area contributed by atoms with E-state index in [4.69, 9.17) is 4.74 Å². The third-order valence-electron chi connectivity index (χ3n) is 3.33. The Morgan fingerprint density at radius 2 is 2.36 bits per heavy atom. The minimum atomic E-state index is 0. The van der Waals surface area contributed by atoms with Gasteiger partial charge >= 0.3 is 0 Å². The van der Waals surface area contributed by atoms with Gasteiger partial charge in [0.05, 0.1) is 12.2 Å². The third kappa shape index (κ3) is 0.930. The Bertz CT molecular complexity index is 162. The second kappa shape index (κ2) is 2.35. The van der Waals surface area contributed by atoms with Crippen LogP contribution in [0.3, 0.4) is 0 Å². The van der Waals surface area contributed by atoms with Crippen LogP contribution in [0.4, 0.5) is 0 Å². The van der Waals surface area contributed by atoms with Gasteiger partial charge < -0.3 is 10.1 Å². The summed E-state index contributed by atoms with van der Waals surface area (Å²) in [6, 6.07) is 0. The van der Waals surface area contributed by atoms with Crippen LogP contribution < -0.4 is 5.32 Å². The molecule has 1 spiro atoms. The lowest BCUT2D eigenvalue weighted by Gasteiger charge is -2.23. The molecule has 1 saturated carbocycles. The molecule has 3 rings (SSSR count). The van der Waals surface area contributed by atoms with Gasteiger partial charge in [0, 0.05) is 6.54 Å². The number of hydrogen-bond acceptors (Lipinski definition) is 2. The average Bonchev–Trinajstić information content (AvgIpc) is 2.49. The first-order valence-corrected chi connectivity index (χ1v) is 4.25. The highest BCUT2D eigenvalue weighted by Crippen LogP contribution is 2.56. The summed E-state index contributed by atoms with van der Waals surface area (Å²) >= 11 is 0. The number of nitrogens with one attached hydrogen (secondary N) is 1. The molecule has 2 saturated heterocycles. The van der Waals surface area contributed by atoms with Crippen LogP contribution >= 0.6 is 12.4 Å². The first kappa shape index (κ1) is 7.84. The van der Waals surface area contributed by atoms with E-state index >= 15 is 0 Å². The van der Waals surface area contributed by atoms with Gasteiger partial charge in [0.15, 0.2) is 0 Å². The molecule has 3 heteroatoms. The van der Waals surface area contributed by atoms with E-state index in [9.17, 15) is 0 Å². The zero-order valence-electron chi connectivity index (χ0n) is 6.51. The normalized spacial score (nSPS) is 52.4. The number of hydrogen-bond donors (Lipinski definition) is 1. The lowest BCUT2D eigenvalue weighted by atomic mass is 9.97. The summed E-state index contributed by atoms with van der Waals surface area (Å²) in [4.78, 5) is 0. The summed E-state index contributed by atoms with van der Waals surface area (Å²) in [7, 11) is 0. The van der Waals surface area contributed by atoms with Gasteiger partial charge in [-0.3, -0.25) is 0 Å². The molecule has 3 unspecified atom stereocenters. The van der Waals surface area contributed by atoms with Crippen molar-refractivity contribution in [2.24, 2.45) is 11.8 Å². The molecule has 2 nitrogen and oxygen atoms in total. The molecule has 1 aliphatic carbocycles. The zero-order chi connectivity index (χ0) is 6.60. The maximum absolute atomic E-state index is 5.80. The van der Waals surface area contributed by atoms with Crippen molar-refractivity contribution >= 4 is 12.4 Å². The highest BCUT2D eigenvalue weighted by molar-refractivity contribution is 5.85. The van der Waals surface area contributed by atoms with Crippen molar-refractivity contribution in [1.82, 2.24) is 5.32 Å². The summed E-state index contributed by atoms with van der Waals surface area (Å²) in [6.07, 6.45) is 2.70. The molecule has 11 heavy (non-hydrogen) atoms. The van der Waals surface area contributed by atoms with E-state index in [2.05, 4.69) is 5.32 Å². The standard InChI is InChI=1S/C8H13NO.ClH/c1-2-9-5-8(1)7-3-6(7)4-10-8;/h6-7,9H,1-5H2;1H. The molecule has 1 N–H and O–H groups in total. The molecule has 0 amide bonds. The fourth-order valence-electron chi connectivity index (χ4n) is 2.58. The first-order valence-electron chi connectivity index (χ1n) is 4.25. The van der Waals surface area contributed by atoms with E-state index in [-0.39, 0.29) is 12.4 Å². The lowest BCUT2D eigenvalue weighted by Crippen LogP contribution is -2.34. The van der Waals surface area contributed by atoms with Crippen LogP contribution in [0.15, 0.2) is 0 Å². The van der Waals surface area contributed by atoms with Crippen molar-refractivity contribution in [3.05, 3.63) is 0 Å². The maximum atomic E-state index is 5.80. The second-order valence-electron chi connectivity index (χ2n) is 3.90. The van der Waals surface area contributed by atoms with Gasteiger partial charge in [-0.2, -0.15) is 0 Å². The fourth-order valence-corrected chi connectivity index (χ4v) is 2.58. The van der Waals surface area contributed by atoms with Gasteiger partial charge in [-0.25, -0.2) is 0 Å². The Kier molecular flexibility index (Phi) is 1.67. The van der Waals surface area contributed by atoms with Crippen LogP contribution in [0, 0.1) is 11.8 Å². The smallest absolute Gasteiger partial charge is 0.0850 e. The Morgan fingerprint density at radius 1 is 1.45 bits per heavy atom. The van der Waals surface area contributed by atoms with Crippen molar-refractivity contribution in [3.63, 3.8) is 0 Å². The van der Waals surface area contributed by atoms with Crippen LogP contribution in [-0.4, -0.2) is 25.3 Å². The van der Waals surface area contributed by atoms with E-state index in [0.717, 1.165) is 25.0 Å². The monoisotopic (exact) mass is 175 g/mol. The molecule has 3 aliphatic rings. The molecule has 64 valence electrons. The largest absolute Gasteiger partial charge is 0.373 e. The molecule has 3 atom stereocenters. The number of ether oxygens (including phenoxy) is 1. The molecule has 2 aliphatic heterocycles. The summed E-state index contributed by atoms with van der Waals surface area (Å²) in [5, 5.41) is 3.39. The van der Waals surface area contributed by atoms with Gasteiger partial charge in [0.2, 0.25) is 0 Å². The molecule has 0 radical (unpaired) electrons. The van der Waals surface area contributed by atoms with E-state index in [1.54, 1.807) is 0 Å². The number of fused-ring (bicyclic) bond motifs is 2. The predicted molar refractivity (Wildman–Crippen MR) is 45.0 cm³/mol. The molecule has 0 aromatic heterocycles. The van der Waals surface area contributed by atoms with Gasteiger partial charge in [0.25, 0.3) is 0 Å². The summed E-state index contributed by atoms with van der Waals surface area (Å²) < 4.78 is 5.80. The van der Waals surface area contributed by atoms with Crippen molar-refractivity contribution in [3.8, 4) is 0 Å². The Balaban J connectivity index is 0.000000480. The Labute approximate surface area is 73.1 Å². The van der Waals surface area contributed by atoms with Crippen molar-refractivity contribution < 1.29 is 4.74 Å². The molecular formula is C8H14ClNO. The van der Waals surface area contributed by atoms with Crippen LogP contribution in [0.2, 0.25) is 0 Å². The third-order valence-corrected chi connectivity index (χ3v) is 3.33. The van der Waals surface area contributed by atoms with Gasteiger partial charge in [-0.05, 0) is 31.2 Å². The molecule has 0 aromatic rings. The number of halogens is 1. The van der Waals surface area contributed by atoms with E-state index < -0.39 is 0 Å². The van der Waals surface area contributed by atoms with Crippen molar-refractivity contribution in [2.45, 2.75) is 18.4 Å². The predicted octanol–water partition coefficient (Wildman–Crippen LogP) is 0.807. The van der Waals surface area contributed by atoms with Gasteiger partial charge in [-0.1, -0.05) is 0 Å². The average molecular weight is 176 g/mol. The highest BCUT2D eigenvalue weighted by atomic mass is 35.5. The minimum absolute atomic E-state index is 0. The van der Waals surface area contributed by atoms with Crippen molar-refractivity contribution in [1.29, 1.82) is 0 Å². The zero-order valence-corrected chi connectivity index (χ0v) is 7.32. The van der Waals surface area contributed by atoms with Crippen LogP contribution in [0.1, 0.15) is 12.8 Å². The topological polar surface area (TPSA) is 21.3 Å². The second-order valence-corrected chi connectivity index (χ2v) is 3.90. The van der Waals surface area contributed by atoms with Crippen molar-refractivity contribution in [2.75, 3.05) is 19.7 Å². The molecule has 0 bridgehead atoms. The molecular weight excluding hydrogens is 162 g/mol. The number of rotatable bonds is 0. The summed E-state index contributed by atoms with van der Waals surface area (Å²) in [5.74, 6) is 1.88. The molecule has 3 fully saturated rings. The first-order chi connectivity index (χ1) is 4.91. The van der Waals surface area contributed by atoms with Crippen LogP contribution in [0.25, 0.3) is 0 Å². The SMILES string of the molecule is C1CC2(CN1)OCC1CC12.Cl. The Morgan fingerprint density at radius 3 is 2.82 bits per heavy atom. The lowest BCUT2D eigenvalue weighted by molar-refractivity contribution is -0.00790. The highest BCUT2D eigenvalue weighted by Gasteiger charge is 2.59. The van der Waals surface area contributed by atoms with Crippen LogP contribution in [-0.2, 0) is 4.74 Å². The minimum Gasteiger partial charge on any atom is -0.373 e. The molecule has 2 heterocycles.